The van der Waals surface area contributed by atoms with Crippen LogP contribution < -0.4 is 10.6 Å². The van der Waals surface area contributed by atoms with Gasteiger partial charge in [-0.05, 0) is 38.8 Å². The molecular weight excluding hydrogens is 260 g/mol. The summed E-state index contributed by atoms with van der Waals surface area (Å²) in [6.45, 7) is 3.95. The first-order chi connectivity index (χ1) is 9.49. The largest absolute Gasteiger partial charge is 0.459 e. The van der Waals surface area contributed by atoms with E-state index in [2.05, 4.69) is 10.6 Å². The van der Waals surface area contributed by atoms with Crippen LogP contribution in [0, 0.1) is 0 Å². The van der Waals surface area contributed by atoms with Gasteiger partial charge in [0, 0.05) is 19.0 Å². The molecule has 2 unspecified atom stereocenters. The van der Waals surface area contributed by atoms with Gasteiger partial charge >= 0.3 is 0 Å². The van der Waals surface area contributed by atoms with Gasteiger partial charge in [-0.1, -0.05) is 0 Å². The topological polar surface area (TPSA) is 91.6 Å². The van der Waals surface area contributed by atoms with E-state index in [1.54, 1.807) is 19.1 Å². The number of rotatable bonds is 8. The summed E-state index contributed by atoms with van der Waals surface area (Å²) in [6.07, 6.45) is 2.42. The molecule has 0 bridgehead atoms. The first kappa shape index (κ1) is 16.2. The highest BCUT2D eigenvalue weighted by atomic mass is 16.3. The molecule has 0 spiro atoms. The molecule has 1 aromatic heterocycles. The van der Waals surface area contributed by atoms with Crippen molar-refractivity contribution in [3.8, 4) is 0 Å². The lowest BCUT2D eigenvalue weighted by atomic mass is 10.1. The maximum Gasteiger partial charge on any atom is 0.286 e. The summed E-state index contributed by atoms with van der Waals surface area (Å²) in [7, 11) is 0. The Balaban J connectivity index is 2.11. The fraction of sp³-hybridized carbons (Fsp3) is 0.571. The first-order valence-corrected chi connectivity index (χ1v) is 6.78. The lowest BCUT2D eigenvalue weighted by Gasteiger charge is -2.15. The normalized spacial score (nSPS) is 13.6. The van der Waals surface area contributed by atoms with Crippen molar-refractivity contribution in [3.63, 3.8) is 0 Å². The Morgan fingerprint density at radius 1 is 1.40 bits per heavy atom. The highest BCUT2D eigenvalue weighted by Crippen LogP contribution is 2.00. The molecule has 3 N–H and O–H groups in total. The van der Waals surface area contributed by atoms with Crippen LogP contribution in [0.2, 0.25) is 0 Å². The molecule has 1 heterocycles. The maximum absolute atomic E-state index is 11.6. The van der Waals surface area contributed by atoms with Gasteiger partial charge in [0.1, 0.15) is 0 Å². The lowest BCUT2D eigenvalue weighted by Crippen LogP contribution is -2.35. The van der Waals surface area contributed by atoms with Crippen molar-refractivity contribution in [2.24, 2.45) is 0 Å². The van der Waals surface area contributed by atoms with Gasteiger partial charge in [-0.2, -0.15) is 0 Å². The number of furan rings is 1. The molecule has 0 aliphatic rings. The highest BCUT2D eigenvalue weighted by molar-refractivity contribution is 5.91. The molecule has 0 saturated carbocycles. The molecule has 0 saturated heterocycles. The molecule has 0 radical (unpaired) electrons. The molecular formula is C14H22N2O4. The fourth-order valence-electron chi connectivity index (χ4n) is 1.86. The van der Waals surface area contributed by atoms with E-state index in [-0.39, 0.29) is 23.6 Å². The average molecular weight is 282 g/mol. The smallest absolute Gasteiger partial charge is 0.286 e. The Morgan fingerprint density at radius 3 is 2.75 bits per heavy atom. The molecule has 2 amide bonds. The SMILES string of the molecule is CC(O)CC(C)NC(=O)CCCNC(=O)c1ccco1. The zero-order chi connectivity index (χ0) is 15.0. The standard InChI is InChI=1S/C14H22N2O4/c1-10(9-11(2)17)16-13(18)6-3-7-15-14(19)12-5-4-8-20-12/h4-5,8,10-11,17H,3,6-7,9H2,1-2H3,(H,15,19)(H,16,18). The first-order valence-electron chi connectivity index (χ1n) is 6.78. The van der Waals surface area contributed by atoms with Gasteiger partial charge in [-0.25, -0.2) is 0 Å². The number of hydrogen-bond acceptors (Lipinski definition) is 4. The van der Waals surface area contributed by atoms with Crippen molar-refractivity contribution < 1.29 is 19.1 Å². The quantitative estimate of drug-likeness (QED) is 0.622. The van der Waals surface area contributed by atoms with Crippen LogP contribution in [0.4, 0.5) is 0 Å². The van der Waals surface area contributed by atoms with E-state index < -0.39 is 6.10 Å². The third-order valence-electron chi connectivity index (χ3n) is 2.71. The zero-order valence-electron chi connectivity index (χ0n) is 11.9. The van der Waals surface area contributed by atoms with E-state index >= 15 is 0 Å². The van der Waals surface area contributed by atoms with E-state index in [0.717, 1.165) is 0 Å². The summed E-state index contributed by atoms with van der Waals surface area (Å²) in [5, 5.41) is 14.7. The van der Waals surface area contributed by atoms with Gasteiger partial charge in [-0.3, -0.25) is 9.59 Å². The van der Waals surface area contributed by atoms with E-state index in [1.807, 2.05) is 6.92 Å². The van der Waals surface area contributed by atoms with Crippen LogP contribution in [-0.4, -0.2) is 35.6 Å². The number of aliphatic hydroxyl groups is 1. The summed E-state index contributed by atoms with van der Waals surface area (Å²) < 4.78 is 4.95. The second-order valence-electron chi connectivity index (χ2n) is 4.89. The molecule has 112 valence electrons. The molecule has 6 nitrogen and oxygen atoms in total. The van der Waals surface area contributed by atoms with Gasteiger partial charge in [0.15, 0.2) is 5.76 Å². The van der Waals surface area contributed by atoms with Crippen molar-refractivity contribution >= 4 is 11.8 Å². The van der Waals surface area contributed by atoms with Crippen LogP contribution in [0.1, 0.15) is 43.7 Å². The molecule has 2 atom stereocenters. The van der Waals surface area contributed by atoms with Gasteiger partial charge in [-0.15, -0.1) is 0 Å². The van der Waals surface area contributed by atoms with Crippen LogP contribution in [0.5, 0.6) is 0 Å². The summed E-state index contributed by atoms with van der Waals surface area (Å²) >= 11 is 0. The Labute approximate surface area is 118 Å². The van der Waals surface area contributed by atoms with Crippen molar-refractivity contribution in [1.29, 1.82) is 0 Å². The van der Waals surface area contributed by atoms with Gasteiger partial charge < -0.3 is 20.2 Å². The van der Waals surface area contributed by atoms with E-state index in [4.69, 9.17) is 4.42 Å². The number of aliphatic hydroxyl groups excluding tert-OH is 1. The van der Waals surface area contributed by atoms with E-state index in [1.165, 1.54) is 6.26 Å². The van der Waals surface area contributed by atoms with Gasteiger partial charge in [0.05, 0.1) is 12.4 Å². The number of nitrogens with one attached hydrogen (secondary N) is 2. The Morgan fingerprint density at radius 2 is 2.15 bits per heavy atom. The van der Waals surface area contributed by atoms with Crippen LogP contribution in [0.15, 0.2) is 22.8 Å². The third kappa shape index (κ3) is 6.38. The summed E-state index contributed by atoms with van der Waals surface area (Å²) in [5.74, 6) is -0.0942. The number of amides is 2. The number of hydrogen-bond donors (Lipinski definition) is 3. The fourth-order valence-corrected chi connectivity index (χ4v) is 1.86. The minimum Gasteiger partial charge on any atom is -0.459 e. The van der Waals surface area contributed by atoms with Crippen molar-refractivity contribution in [1.82, 2.24) is 10.6 Å². The molecule has 0 aliphatic heterocycles. The van der Waals surface area contributed by atoms with E-state index in [0.29, 0.717) is 25.8 Å². The molecule has 0 aromatic carbocycles. The zero-order valence-corrected chi connectivity index (χ0v) is 11.9. The maximum atomic E-state index is 11.6. The predicted molar refractivity (Wildman–Crippen MR) is 74.2 cm³/mol. The minimum atomic E-state index is -0.433. The third-order valence-corrected chi connectivity index (χ3v) is 2.71. The van der Waals surface area contributed by atoms with Crippen LogP contribution in [-0.2, 0) is 4.79 Å². The lowest BCUT2D eigenvalue weighted by molar-refractivity contribution is -0.121. The van der Waals surface area contributed by atoms with Crippen LogP contribution in [0.3, 0.4) is 0 Å². The number of carbonyl (C=O) groups is 2. The second kappa shape index (κ2) is 8.37. The predicted octanol–water partition coefficient (Wildman–Crippen LogP) is 1.07. The van der Waals surface area contributed by atoms with Crippen molar-refractivity contribution in [2.75, 3.05) is 6.54 Å². The van der Waals surface area contributed by atoms with Crippen molar-refractivity contribution in [3.05, 3.63) is 24.2 Å². The Kier molecular flexibility index (Phi) is 6.79. The molecule has 0 aliphatic carbocycles. The van der Waals surface area contributed by atoms with Crippen LogP contribution >= 0.6 is 0 Å². The highest BCUT2D eigenvalue weighted by Gasteiger charge is 2.10. The summed E-state index contributed by atoms with van der Waals surface area (Å²) in [6, 6.07) is 3.17. The summed E-state index contributed by atoms with van der Waals surface area (Å²) in [4.78, 5) is 23.1. The Bertz CT molecular complexity index is 415. The second-order valence-corrected chi connectivity index (χ2v) is 4.89. The van der Waals surface area contributed by atoms with E-state index in [9.17, 15) is 14.7 Å². The molecule has 0 fully saturated rings. The number of carbonyl (C=O) groups excluding carboxylic acids is 2. The molecule has 6 heteroatoms. The monoisotopic (exact) mass is 282 g/mol. The molecule has 1 aromatic rings. The Hall–Kier alpha value is -1.82. The van der Waals surface area contributed by atoms with Crippen LogP contribution in [0.25, 0.3) is 0 Å². The van der Waals surface area contributed by atoms with Gasteiger partial charge in [0.2, 0.25) is 5.91 Å². The van der Waals surface area contributed by atoms with Crippen molar-refractivity contribution in [2.45, 2.75) is 45.3 Å². The minimum absolute atomic E-state index is 0.0554. The molecule has 20 heavy (non-hydrogen) atoms. The molecule has 1 rings (SSSR count). The summed E-state index contributed by atoms with van der Waals surface area (Å²) in [5.41, 5.74) is 0. The van der Waals surface area contributed by atoms with Gasteiger partial charge in [0.25, 0.3) is 5.91 Å². The average Bonchev–Trinajstić information content (AvgIpc) is 2.86.